The van der Waals surface area contributed by atoms with Crippen LogP contribution in [0.1, 0.15) is 81.1 Å². The minimum absolute atomic E-state index is 0.0467. The monoisotopic (exact) mass is 521 g/mol. The molecule has 0 amide bonds. The average Bonchev–Trinajstić information content (AvgIpc) is 2.75. The van der Waals surface area contributed by atoms with Crippen molar-refractivity contribution in [3.8, 4) is 0 Å². The van der Waals surface area contributed by atoms with Crippen LogP contribution in [0, 0.1) is 0 Å². The lowest BCUT2D eigenvalue weighted by atomic mass is 9.73. The molecule has 4 heterocycles. The Bertz CT molecular complexity index is 866. The molecule has 3 saturated heterocycles. The molecule has 0 atom stereocenters. The van der Waals surface area contributed by atoms with Gasteiger partial charge in [0.05, 0.1) is 13.2 Å². The highest BCUT2D eigenvalue weighted by molar-refractivity contribution is 6.28. The van der Waals surface area contributed by atoms with Gasteiger partial charge in [0.1, 0.15) is 0 Å². The van der Waals surface area contributed by atoms with Gasteiger partial charge in [-0.3, -0.25) is 9.80 Å². The Balaban J connectivity index is 1.80. The molecule has 204 valence electrons. The van der Waals surface area contributed by atoms with Gasteiger partial charge in [0.2, 0.25) is 17.2 Å². The van der Waals surface area contributed by atoms with Crippen molar-refractivity contribution in [2.24, 2.45) is 0 Å². The molecule has 0 radical (unpaired) electrons. The molecule has 0 bridgehead atoms. The molecule has 1 aromatic rings. The third kappa shape index (κ3) is 5.33. The molecule has 0 aromatic carbocycles. The second kappa shape index (κ2) is 9.51. The Morgan fingerprint density at radius 1 is 0.722 bits per heavy atom. The van der Waals surface area contributed by atoms with Crippen molar-refractivity contribution < 1.29 is 4.74 Å². The SMILES string of the molecule is CN1C(C)(C)CC(N(c2nc(Cl)nc(N3CCOCC3)n2)C2CC(C)(C)N(C)C(C)(C)C2)CC1(C)C. The van der Waals surface area contributed by atoms with E-state index in [9.17, 15) is 0 Å². The summed E-state index contributed by atoms with van der Waals surface area (Å²) in [7, 11) is 4.53. The fourth-order valence-electron chi connectivity index (χ4n) is 7.01. The maximum atomic E-state index is 6.60. The minimum Gasteiger partial charge on any atom is -0.378 e. The van der Waals surface area contributed by atoms with E-state index < -0.39 is 0 Å². The molecule has 36 heavy (non-hydrogen) atoms. The molecule has 3 aliphatic heterocycles. The zero-order valence-corrected chi connectivity index (χ0v) is 25.0. The maximum Gasteiger partial charge on any atom is 0.231 e. The zero-order chi connectivity index (χ0) is 26.7. The molecule has 0 saturated carbocycles. The van der Waals surface area contributed by atoms with Gasteiger partial charge in [-0.25, -0.2) is 0 Å². The minimum atomic E-state index is 0.0467. The Morgan fingerprint density at radius 3 is 1.56 bits per heavy atom. The van der Waals surface area contributed by atoms with Crippen LogP contribution in [0.15, 0.2) is 0 Å². The van der Waals surface area contributed by atoms with Gasteiger partial charge < -0.3 is 14.5 Å². The van der Waals surface area contributed by atoms with E-state index in [1.165, 1.54) is 0 Å². The first-order chi connectivity index (χ1) is 16.5. The molecule has 8 nitrogen and oxygen atoms in total. The summed E-state index contributed by atoms with van der Waals surface area (Å²) in [5.41, 5.74) is 0.187. The highest BCUT2D eigenvalue weighted by atomic mass is 35.5. The number of likely N-dealkylation sites (tertiary alicyclic amines) is 2. The number of nitrogens with zero attached hydrogens (tertiary/aromatic N) is 7. The van der Waals surface area contributed by atoms with E-state index in [2.05, 4.69) is 94.1 Å². The van der Waals surface area contributed by atoms with E-state index in [4.69, 9.17) is 26.3 Å². The number of ether oxygens (including phenoxy) is 1. The average molecular weight is 522 g/mol. The Labute approximate surface area is 223 Å². The Hall–Kier alpha value is -1.22. The summed E-state index contributed by atoms with van der Waals surface area (Å²) in [6, 6.07) is 0.587. The summed E-state index contributed by atoms with van der Waals surface area (Å²) < 4.78 is 5.57. The number of hydrogen-bond donors (Lipinski definition) is 0. The van der Waals surface area contributed by atoms with Crippen LogP contribution in [0.4, 0.5) is 11.9 Å². The van der Waals surface area contributed by atoms with Crippen molar-refractivity contribution in [1.82, 2.24) is 24.8 Å². The van der Waals surface area contributed by atoms with Gasteiger partial charge in [-0.1, -0.05) is 0 Å². The van der Waals surface area contributed by atoms with Gasteiger partial charge in [-0.2, -0.15) is 15.0 Å². The summed E-state index contributed by atoms with van der Waals surface area (Å²) in [5.74, 6) is 1.38. The number of anilines is 2. The summed E-state index contributed by atoms with van der Waals surface area (Å²) in [6.07, 6.45) is 4.15. The van der Waals surface area contributed by atoms with Crippen LogP contribution in [0.5, 0.6) is 0 Å². The van der Waals surface area contributed by atoms with E-state index in [0.717, 1.165) is 44.7 Å². The van der Waals surface area contributed by atoms with Crippen molar-refractivity contribution in [3.05, 3.63) is 5.28 Å². The smallest absolute Gasteiger partial charge is 0.231 e. The molecule has 1 aromatic heterocycles. The second-order valence-corrected chi connectivity index (χ2v) is 14.0. The maximum absolute atomic E-state index is 6.60. The zero-order valence-electron chi connectivity index (χ0n) is 24.2. The third-order valence-corrected chi connectivity index (χ3v) is 9.64. The number of morpholine rings is 1. The highest BCUT2D eigenvalue weighted by Gasteiger charge is 2.50. The molecule has 3 aliphatic rings. The Morgan fingerprint density at radius 2 is 1.14 bits per heavy atom. The van der Waals surface area contributed by atoms with E-state index in [1.807, 2.05) is 0 Å². The molecule has 0 spiro atoms. The lowest BCUT2D eigenvalue weighted by molar-refractivity contribution is -0.0314. The fourth-order valence-corrected chi connectivity index (χ4v) is 7.16. The first-order valence-electron chi connectivity index (χ1n) is 13.5. The largest absolute Gasteiger partial charge is 0.378 e. The predicted octanol–water partition coefficient (Wildman–Crippen LogP) is 4.47. The van der Waals surface area contributed by atoms with Gasteiger partial charge in [0, 0.05) is 47.3 Å². The van der Waals surface area contributed by atoms with Gasteiger partial charge in [-0.05, 0) is 107 Å². The number of halogens is 1. The van der Waals surface area contributed by atoms with Crippen molar-refractivity contribution >= 4 is 23.5 Å². The van der Waals surface area contributed by atoms with Crippen LogP contribution in [0.25, 0.3) is 0 Å². The molecule has 0 aliphatic carbocycles. The van der Waals surface area contributed by atoms with Crippen molar-refractivity contribution in [2.75, 3.05) is 50.2 Å². The number of hydrogen-bond acceptors (Lipinski definition) is 8. The summed E-state index contributed by atoms with van der Waals surface area (Å²) in [6.45, 7) is 21.8. The van der Waals surface area contributed by atoms with Crippen LogP contribution in [0.3, 0.4) is 0 Å². The molecule has 9 heteroatoms. The van der Waals surface area contributed by atoms with Gasteiger partial charge >= 0.3 is 0 Å². The van der Waals surface area contributed by atoms with Crippen molar-refractivity contribution in [3.63, 3.8) is 0 Å². The van der Waals surface area contributed by atoms with Gasteiger partial charge in [0.15, 0.2) is 0 Å². The lowest BCUT2D eigenvalue weighted by Crippen LogP contribution is -2.67. The molecular weight excluding hydrogens is 474 g/mol. The van der Waals surface area contributed by atoms with Crippen LogP contribution >= 0.6 is 11.6 Å². The van der Waals surface area contributed by atoms with E-state index in [0.29, 0.717) is 31.2 Å². The number of piperidine rings is 2. The van der Waals surface area contributed by atoms with E-state index in [1.54, 1.807) is 0 Å². The first-order valence-corrected chi connectivity index (χ1v) is 13.9. The first kappa shape index (κ1) is 27.8. The van der Waals surface area contributed by atoms with Crippen LogP contribution in [-0.4, -0.2) is 99.4 Å². The van der Waals surface area contributed by atoms with E-state index >= 15 is 0 Å². The lowest BCUT2D eigenvalue weighted by Gasteiger charge is -2.60. The van der Waals surface area contributed by atoms with Crippen LogP contribution < -0.4 is 9.80 Å². The molecule has 4 rings (SSSR count). The highest BCUT2D eigenvalue weighted by Crippen LogP contribution is 2.45. The van der Waals surface area contributed by atoms with Crippen LogP contribution in [-0.2, 0) is 4.74 Å². The molecule has 3 fully saturated rings. The molecule has 0 unspecified atom stereocenters. The van der Waals surface area contributed by atoms with Crippen molar-refractivity contribution in [1.29, 1.82) is 0 Å². The van der Waals surface area contributed by atoms with Gasteiger partial charge in [0.25, 0.3) is 0 Å². The summed E-state index contributed by atoms with van der Waals surface area (Å²) in [5, 5.41) is 0.268. The quantitative estimate of drug-likeness (QED) is 0.575. The Kier molecular flexibility index (Phi) is 7.35. The fraction of sp³-hybridized carbons (Fsp3) is 0.889. The number of aromatic nitrogens is 3. The third-order valence-electron chi connectivity index (χ3n) is 9.47. The summed E-state index contributed by atoms with van der Waals surface area (Å²) in [4.78, 5) is 24.2. The molecular formula is C27H48ClN7O. The topological polar surface area (TPSA) is 60.9 Å². The van der Waals surface area contributed by atoms with Crippen LogP contribution in [0.2, 0.25) is 5.28 Å². The molecule has 0 N–H and O–H groups in total. The van der Waals surface area contributed by atoms with Crippen molar-refractivity contribution in [2.45, 2.75) is 115 Å². The van der Waals surface area contributed by atoms with Gasteiger partial charge in [-0.15, -0.1) is 0 Å². The number of rotatable bonds is 4. The predicted molar refractivity (Wildman–Crippen MR) is 148 cm³/mol. The van der Waals surface area contributed by atoms with E-state index in [-0.39, 0.29) is 27.4 Å². The summed E-state index contributed by atoms with van der Waals surface area (Å²) >= 11 is 6.60. The second-order valence-electron chi connectivity index (χ2n) is 13.7. The standard InChI is InChI=1S/C27H48ClN7O/c1-24(2)15-19(16-25(3,4)32(24)9)35(20-17-26(5,6)33(10)27(7,8)18-20)23-30-21(28)29-22(31-23)34-11-13-36-14-12-34/h19-20H,11-18H2,1-10H3. The normalized spacial score (nSPS) is 27.2.